The van der Waals surface area contributed by atoms with Gasteiger partial charge in [0.15, 0.2) is 11.6 Å². The van der Waals surface area contributed by atoms with Crippen LogP contribution in [0.3, 0.4) is 0 Å². The molecule has 6 N–H and O–H groups in total. The number of nitrogens with two attached hydrogens (primary N) is 1. The zero-order valence-electron chi connectivity index (χ0n) is 20.9. The number of ether oxygens (including phenoxy) is 1. The second kappa shape index (κ2) is 10.8. The van der Waals surface area contributed by atoms with Crippen molar-refractivity contribution in [3.05, 3.63) is 47.1 Å². The number of aliphatic hydroxyl groups excluding tert-OH is 1. The van der Waals surface area contributed by atoms with Crippen molar-refractivity contribution in [3.63, 3.8) is 0 Å². The van der Waals surface area contributed by atoms with E-state index in [1.54, 1.807) is 45.0 Å². The fourth-order valence-electron chi connectivity index (χ4n) is 5.53. The van der Waals surface area contributed by atoms with Crippen molar-refractivity contribution in [1.29, 1.82) is 0 Å². The third-order valence-electron chi connectivity index (χ3n) is 6.91. The van der Waals surface area contributed by atoms with Gasteiger partial charge in [0.1, 0.15) is 11.8 Å². The van der Waals surface area contributed by atoms with E-state index in [1.165, 1.54) is 0 Å². The molecule has 2 aliphatic rings. The lowest BCUT2D eigenvalue weighted by Crippen LogP contribution is -2.47. The van der Waals surface area contributed by atoms with Crippen LogP contribution in [-0.4, -0.2) is 45.3 Å². The third-order valence-corrected chi connectivity index (χ3v) is 7.09. The predicted molar refractivity (Wildman–Crippen MR) is 136 cm³/mol. The summed E-state index contributed by atoms with van der Waals surface area (Å²) < 4.78 is 19.6. The van der Waals surface area contributed by atoms with Gasteiger partial charge in [0.05, 0.1) is 12.1 Å². The van der Waals surface area contributed by atoms with E-state index in [0.29, 0.717) is 17.8 Å². The Morgan fingerprint density at radius 3 is 2.78 bits per heavy atom. The predicted octanol–water partition coefficient (Wildman–Crippen LogP) is 3.43. The molecule has 200 valence electrons. The lowest BCUT2D eigenvalue weighted by molar-refractivity contribution is -0.123. The highest BCUT2D eigenvalue weighted by atomic mass is 35.5. The van der Waals surface area contributed by atoms with Crippen molar-refractivity contribution in [2.24, 2.45) is 29.4 Å². The van der Waals surface area contributed by atoms with Gasteiger partial charge in [-0.1, -0.05) is 12.1 Å². The number of hydrogen-bond acceptors (Lipinski definition) is 8. The number of nitrogens with one attached hydrogen (secondary N) is 3. The van der Waals surface area contributed by atoms with Crippen molar-refractivity contribution >= 4 is 35.1 Å². The Bertz CT molecular complexity index is 1160. The Balaban J connectivity index is 1.39. The van der Waals surface area contributed by atoms with Gasteiger partial charge in [0, 0.05) is 18.3 Å². The molecule has 2 fully saturated rings. The zero-order valence-corrected chi connectivity index (χ0v) is 21.6. The summed E-state index contributed by atoms with van der Waals surface area (Å²) in [6.45, 7) is 5.79. The monoisotopic (exact) mass is 534 g/mol. The molecule has 6 atom stereocenters. The highest BCUT2D eigenvalue weighted by Gasteiger charge is 2.54. The molecule has 0 saturated heterocycles. The molecule has 1 unspecified atom stereocenters. The number of aromatic nitrogens is 2. The van der Waals surface area contributed by atoms with Crippen molar-refractivity contribution in [1.82, 2.24) is 15.3 Å². The molecule has 0 aliphatic heterocycles. The van der Waals surface area contributed by atoms with Crippen molar-refractivity contribution < 1.29 is 23.8 Å². The molecule has 2 amide bonds. The van der Waals surface area contributed by atoms with E-state index in [1.807, 2.05) is 0 Å². The van der Waals surface area contributed by atoms with E-state index in [0.717, 1.165) is 19.0 Å². The second-order valence-corrected chi connectivity index (χ2v) is 11.0. The number of hydrogen-bond donors (Lipinski definition) is 5. The van der Waals surface area contributed by atoms with Crippen LogP contribution in [0.5, 0.6) is 0 Å². The van der Waals surface area contributed by atoms with Gasteiger partial charge in [0.25, 0.3) is 0 Å². The van der Waals surface area contributed by atoms with Crippen molar-refractivity contribution in [2.45, 2.75) is 51.5 Å². The van der Waals surface area contributed by atoms with Gasteiger partial charge in [-0.2, -0.15) is 4.98 Å². The summed E-state index contributed by atoms with van der Waals surface area (Å²) in [6.07, 6.45) is 0.909. The minimum Gasteiger partial charge on any atom is -0.444 e. The highest BCUT2D eigenvalue weighted by molar-refractivity contribution is 6.28. The summed E-state index contributed by atoms with van der Waals surface area (Å²) in [5.41, 5.74) is 6.13. The van der Waals surface area contributed by atoms with E-state index in [2.05, 4.69) is 25.9 Å². The molecule has 1 heterocycles. The second-order valence-electron chi connectivity index (χ2n) is 10.7. The molecule has 1 aromatic heterocycles. The lowest BCUT2D eigenvalue weighted by atomic mass is 9.77. The van der Waals surface area contributed by atoms with E-state index < -0.39 is 41.6 Å². The highest BCUT2D eigenvalue weighted by Crippen LogP contribution is 2.52. The van der Waals surface area contributed by atoms with Crippen molar-refractivity contribution in [2.75, 3.05) is 17.2 Å². The van der Waals surface area contributed by atoms with Gasteiger partial charge in [0.2, 0.25) is 11.2 Å². The Kier molecular flexibility index (Phi) is 7.86. The Hall–Kier alpha value is -3.02. The molecule has 2 aromatic rings. The van der Waals surface area contributed by atoms with Crippen LogP contribution in [0.4, 0.5) is 20.7 Å². The first kappa shape index (κ1) is 27.0. The number of nitrogens with zero attached hydrogens (tertiary/aromatic N) is 2. The molecule has 12 heteroatoms. The maximum Gasteiger partial charge on any atom is 0.412 e. The van der Waals surface area contributed by atoms with Gasteiger partial charge in [-0.05, 0) is 80.7 Å². The van der Waals surface area contributed by atoms with E-state index in [9.17, 15) is 19.1 Å². The van der Waals surface area contributed by atoms with Gasteiger partial charge in [-0.3, -0.25) is 15.4 Å². The van der Waals surface area contributed by atoms with Gasteiger partial charge in [-0.25, -0.2) is 14.2 Å². The van der Waals surface area contributed by atoms with Gasteiger partial charge in [-0.15, -0.1) is 0 Å². The molecule has 1 aromatic carbocycles. The number of amides is 2. The third kappa shape index (κ3) is 6.46. The first-order valence-electron chi connectivity index (χ1n) is 12.2. The van der Waals surface area contributed by atoms with Crippen LogP contribution in [0, 0.1) is 29.5 Å². The summed E-state index contributed by atoms with van der Waals surface area (Å²) in [5.74, 6) is -1.47. The van der Waals surface area contributed by atoms with Gasteiger partial charge < -0.3 is 20.9 Å². The number of fused-ring (bicyclic) bond motifs is 2. The maximum absolute atomic E-state index is 14.3. The average molecular weight is 535 g/mol. The van der Waals surface area contributed by atoms with Crippen LogP contribution in [-0.2, 0) is 9.53 Å². The molecule has 37 heavy (non-hydrogen) atoms. The number of halogens is 2. The number of carbonyl (C=O) groups is 2. The number of rotatable bonds is 8. The molecule has 10 nitrogen and oxygen atoms in total. The molecular weight excluding hydrogens is 503 g/mol. The average Bonchev–Trinajstić information content (AvgIpc) is 3.37. The number of aliphatic hydroxyl groups is 1. The first-order chi connectivity index (χ1) is 17.4. The summed E-state index contributed by atoms with van der Waals surface area (Å²) in [6, 6.07) is 6.42. The summed E-state index contributed by atoms with van der Waals surface area (Å²) in [4.78, 5) is 31.8. The normalized spacial score (nSPS) is 25.5. The van der Waals surface area contributed by atoms with Crippen LogP contribution in [0.2, 0.25) is 5.28 Å². The van der Waals surface area contributed by atoms with E-state index in [-0.39, 0.29) is 28.9 Å². The first-order valence-corrected chi connectivity index (χ1v) is 12.5. The molecule has 2 bridgehead atoms. The molecule has 0 spiro atoms. The summed E-state index contributed by atoms with van der Waals surface area (Å²) >= 11 is 5.83. The fraction of sp³-hybridized carbons (Fsp3) is 0.520. The Morgan fingerprint density at radius 2 is 2.08 bits per heavy atom. The molecule has 4 rings (SSSR count). The molecule has 2 saturated carbocycles. The Labute approximate surface area is 219 Å². The topological polar surface area (TPSA) is 151 Å². The number of anilines is 2. The molecule has 2 aliphatic carbocycles. The van der Waals surface area contributed by atoms with Crippen LogP contribution < -0.4 is 21.7 Å². The standard InChI is InChI=1S/C25H32ClFN6O4/c1-25(2,3)37-24(36)31-15-6-4-5-12(8-15)22(35)29-10-14-7-13-9-16(14)19(18(13)20(28)34)32-21-17(27)11-30-23(26)33-21/h4-6,8,11,13-14,16,18-19,22,29,35H,7,9-10H2,1-3H3,(H2,28,34)(H,31,36)(H,30,32,33)/t13-,14+,16-,18+,19-,22?/m1/s1. The van der Waals surface area contributed by atoms with Crippen LogP contribution in [0.1, 0.15) is 45.4 Å². The van der Waals surface area contributed by atoms with E-state index >= 15 is 0 Å². The van der Waals surface area contributed by atoms with Crippen molar-refractivity contribution in [3.8, 4) is 0 Å². The van der Waals surface area contributed by atoms with Crippen LogP contribution in [0.25, 0.3) is 0 Å². The Morgan fingerprint density at radius 1 is 1.32 bits per heavy atom. The minimum atomic E-state index is -0.990. The maximum atomic E-state index is 14.3. The van der Waals surface area contributed by atoms with Gasteiger partial charge >= 0.3 is 6.09 Å². The summed E-state index contributed by atoms with van der Waals surface area (Å²) in [5, 5.41) is 19.5. The largest absolute Gasteiger partial charge is 0.444 e. The van der Waals surface area contributed by atoms with E-state index in [4.69, 9.17) is 22.1 Å². The number of carbonyl (C=O) groups excluding carboxylic acids is 2. The molecular formula is C25H32ClFN6O4. The van der Waals surface area contributed by atoms with Crippen LogP contribution in [0.15, 0.2) is 30.5 Å². The molecule has 0 radical (unpaired) electrons. The smallest absolute Gasteiger partial charge is 0.412 e. The SMILES string of the molecule is CC(C)(C)OC(=O)Nc1cccc(C(O)NC[C@@H]2C[C@@H]3C[C@H]2[C@@H](Nc2nc(Cl)ncc2F)[C@H]3C(N)=O)c1. The summed E-state index contributed by atoms with van der Waals surface area (Å²) in [7, 11) is 0. The quantitative estimate of drug-likeness (QED) is 0.255. The fourth-order valence-corrected chi connectivity index (χ4v) is 5.66. The lowest BCUT2D eigenvalue weighted by Gasteiger charge is -2.35. The number of primary amides is 1. The zero-order chi connectivity index (χ0) is 26.9. The van der Waals surface area contributed by atoms with Crippen LogP contribution >= 0.6 is 11.6 Å². The number of benzene rings is 1. The minimum absolute atomic E-state index is 0.00973.